The molecule has 88 valence electrons. The molecule has 1 aliphatic heterocycles. The first kappa shape index (κ1) is 11.1. The standard InChI is InChI=1S/C10H16N4O2/c1-14-4-2-12-9(14)10(15)13-7-8-6-11-3-5-16-8/h2,4,8,11H,3,5-7H2,1H3,(H,13,15). The molecule has 1 aromatic rings. The van der Waals surface area contributed by atoms with Crippen molar-refractivity contribution in [1.29, 1.82) is 0 Å². The third kappa shape index (κ3) is 2.59. The van der Waals surface area contributed by atoms with Crippen molar-refractivity contribution >= 4 is 5.91 Å². The van der Waals surface area contributed by atoms with E-state index in [0.29, 0.717) is 19.0 Å². The minimum Gasteiger partial charge on any atom is -0.374 e. The molecule has 0 aromatic carbocycles. The molecule has 1 saturated heterocycles. The highest BCUT2D eigenvalue weighted by molar-refractivity contribution is 5.90. The number of rotatable bonds is 3. The summed E-state index contributed by atoms with van der Waals surface area (Å²) in [5, 5.41) is 6.02. The molecule has 0 radical (unpaired) electrons. The first-order chi connectivity index (χ1) is 7.77. The zero-order valence-corrected chi connectivity index (χ0v) is 9.27. The summed E-state index contributed by atoms with van der Waals surface area (Å²) in [6.07, 6.45) is 3.40. The van der Waals surface area contributed by atoms with E-state index in [0.717, 1.165) is 13.1 Å². The first-order valence-corrected chi connectivity index (χ1v) is 5.35. The minimum atomic E-state index is -0.165. The lowest BCUT2D eigenvalue weighted by Gasteiger charge is -2.23. The summed E-state index contributed by atoms with van der Waals surface area (Å²) in [4.78, 5) is 15.7. The van der Waals surface area contributed by atoms with Gasteiger partial charge in [-0.25, -0.2) is 4.98 Å². The van der Waals surface area contributed by atoms with Crippen LogP contribution in [-0.4, -0.2) is 47.8 Å². The van der Waals surface area contributed by atoms with Gasteiger partial charge >= 0.3 is 0 Å². The van der Waals surface area contributed by atoms with E-state index < -0.39 is 0 Å². The third-order valence-electron chi connectivity index (χ3n) is 2.52. The first-order valence-electron chi connectivity index (χ1n) is 5.35. The Morgan fingerprint density at radius 3 is 3.31 bits per heavy atom. The number of aryl methyl sites for hydroxylation is 1. The summed E-state index contributed by atoms with van der Waals surface area (Å²) in [6.45, 7) is 2.87. The quantitative estimate of drug-likeness (QED) is 0.701. The molecule has 1 fully saturated rings. The van der Waals surface area contributed by atoms with Gasteiger partial charge in [0.2, 0.25) is 0 Å². The van der Waals surface area contributed by atoms with Gasteiger partial charge < -0.3 is 19.9 Å². The third-order valence-corrected chi connectivity index (χ3v) is 2.52. The van der Waals surface area contributed by atoms with Crippen molar-refractivity contribution in [2.45, 2.75) is 6.10 Å². The van der Waals surface area contributed by atoms with Gasteiger partial charge in [0.05, 0.1) is 12.7 Å². The van der Waals surface area contributed by atoms with Gasteiger partial charge in [-0.1, -0.05) is 0 Å². The van der Waals surface area contributed by atoms with Gasteiger partial charge in [-0.2, -0.15) is 0 Å². The SMILES string of the molecule is Cn1ccnc1C(=O)NCC1CNCCO1. The van der Waals surface area contributed by atoms with Crippen LogP contribution in [0.1, 0.15) is 10.6 Å². The van der Waals surface area contributed by atoms with Gasteiger partial charge in [0.1, 0.15) is 0 Å². The minimum absolute atomic E-state index is 0.0537. The number of hydrogen-bond acceptors (Lipinski definition) is 4. The van der Waals surface area contributed by atoms with Gasteiger partial charge in [-0.15, -0.1) is 0 Å². The predicted molar refractivity (Wildman–Crippen MR) is 58.2 cm³/mol. The van der Waals surface area contributed by atoms with E-state index in [1.165, 1.54) is 0 Å². The molecule has 2 rings (SSSR count). The van der Waals surface area contributed by atoms with Crippen molar-refractivity contribution in [3.8, 4) is 0 Å². The van der Waals surface area contributed by atoms with Crippen molar-refractivity contribution in [3.05, 3.63) is 18.2 Å². The highest BCUT2D eigenvalue weighted by Crippen LogP contribution is 1.97. The maximum absolute atomic E-state index is 11.7. The highest BCUT2D eigenvalue weighted by atomic mass is 16.5. The molecule has 16 heavy (non-hydrogen) atoms. The Morgan fingerprint density at radius 1 is 1.81 bits per heavy atom. The van der Waals surface area contributed by atoms with Crippen LogP contribution in [0.2, 0.25) is 0 Å². The molecule has 1 aliphatic rings. The molecule has 1 aromatic heterocycles. The second kappa shape index (κ2) is 5.09. The molecular formula is C10H16N4O2. The van der Waals surface area contributed by atoms with E-state index in [1.807, 2.05) is 0 Å². The van der Waals surface area contributed by atoms with Crippen molar-refractivity contribution in [2.24, 2.45) is 7.05 Å². The van der Waals surface area contributed by atoms with E-state index in [1.54, 1.807) is 24.0 Å². The van der Waals surface area contributed by atoms with Gasteiger partial charge in [-0.3, -0.25) is 4.79 Å². The molecule has 1 unspecified atom stereocenters. The average Bonchev–Trinajstić information content (AvgIpc) is 2.74. The number of aromatic nitrogens is 2. The summed E-state index contributed by atoms with van der Waals surface area (Å²) in [5.74, 6) is 0.255. The Morgan fingerprint density at radius 2 is 2.69 bits per heavy atom. The molecule has 0 saturated carbocycles. The number of carbonyl (C=O) groups excluding carboxylic acids is 1. The van der Waals surface area contributed by atoms with Gasteiger partial charge in [0.15, 0.2) is 5.82 Å². The molecular weight excluding hydrogens is 208 g/mol. The highest BCUT2D eigenvalue weighted by Gasteiger charge is 2.16. The van der Waals surface area contributed by atoms with Crippen LogP contribution >= 0.6 is 0 Å². The zero-order valence-electron chi connectivity index (χ0n) is 9.27. The number of morpholine rings is 1. The summed E-state index contributed by atoms with van der Waals surface area (Å²) in [6, 6.07) is 0. The number of imidazole rings is 1. The second-order valence-corrected chi connectivity index (χ2v) is 3.77. The lowest BCUT2D eigenvalue weighted by Crippen LogP contribution is -2.45. The molecule has 0 aliphatic carbocycles. The molecule has 2 N–H and O–H groups in total. The van der Waals surface area contributed by atoms with Crippen LogP contribution in [0, 0.1) is 0 Å². The van der Waals surface area contributed by atoms with E-state index in [4.69, 9.17) is 4.74 Å². The van der Waals surface area contributed by atoms with Crippen LogP contribution in [0.15, 0.2) is 12.4 Å². The normalized spacial score (nSPS) is 20.7. The smallest absolute Gasteiger partial charge is 0.287 e. The van der Waals surface area contributed by atoms with E-state index >= 15 is 0 Å². The Hall–Kier alpha value is -1.40. The van der Waals surface area contributed by atoms with Gasteiger partial charge in [-0.05, 0) is 0 Å². The van der Waals surface area contributed by atoms with Crippen LogP contribution < -0.4 is 10.6 Å². The Bertz CT molecular complexity index is 357. The Kier molecular flexibility index (Phi) is 3.53. The van der Waals surface area contributed by atoms with Gasteiger partial charge in [0, 0.05) is 39.1 Å². The summed E-state index contributed by atoms with van der Waals surface area (Å²) >= 11 is 0. The number of hydrogen-bond donors (Lipinski definition) is 2. The second-order valence-electron chi connectivity index (χ2n) is 3.77. The Balaban J connectivity index is 1.81. The topological polar surface area (TPSA) is 68.2 Å². The molecule has 6 nitrogen and oxygen atoms in total. The van der Waals surface area contributed by atoms with Crippen LogP contribution in [0.3, 0.4) is 0 Å². The van der Waals surface area contributed by atoms with Crippen molar-refractivity contribution in [3.63, 3.8) is 0 Å². The lowest BCUT2D eigenvalue weighted by molar-refractivity contribution is 0.0286. The van der Waals surface area contributed by atoms with E-state index in [2.05, 4.69) is 15.6 Å². The molecule has 0 bridgehead atoms. The van der Waals surface area contributed by atoms with Crippen LogP contribution in [0.4, 0.5) is 0 Å². The fraction of sp³-hybridized carbons (Fsp3) is 0.600. The molecule has 6 heteroatoms. The van der Waals surface area contributed by atoms with Crippen molar-refractivity contribution < 1.29 is 9.53 Å². The number of nitrogens with one attached hydrogen (secondary N) is 2. The summed E-state index contributed by atoms with van der Waals surface area (Å²) < 4.78 is 7.16. The van der Waals surface area contributed by atoms with Crippen LogP contribution in [0.25, 0.3) is 0 Å². The van der Waals surface area contributed by atoms with Crippen LogP contribution in [0.5, 0.6) is 0 Å². The average molecular weight is 224 g/mol. The summed E-state index contributed by atoms with van der Waals surface area (Å²) in [7, 11) is 1.79. The number of nitrogens with zero attached hydrogens (tertiary/aromatic N) is 2. The maximum Gasteiger partial charge on any atom is 0.287 e. The van der Waals surface area contributed by atoms with Crippen molar-refractivity contribution in [2.75, 3.05) is 26.2 Å². The maximum atomic E-state index is 11.7. The van der Waals surface area contributed by atoms with Crippen LogP contribution in [-0.2, 0) is 11.8 Å². The predicted octanol–water partition coefficient (Wildman–Crippen LogP) is -0.862. The lowest BCUT2D eigenvalue weighted by atomic mass is 10.3. The number of ether oxygens (including phenoxy) is 1. The fourth-order valence-corrected chi connectivity index (χ4v) is 1.62. The van der Waals surface area contributed by atoms with E-state index in [-0.39, 0.29) is 12.0 Å². The van der Waals surface area contributed by atoms with Crippen molar-refractivity contribution in [1.82, 2.24) is 20.2 Å². The number of amides is 1. The summed E-state index contributed by atoms with van der Waals surface area (Å²) in [5.41, 5.74) is 0. The molecule has 1 atom stereocenters. The monoisotopic (exact) mass is 224 g/mol. The molecule has 0 spiro atoms. The number of carbonyl (C=O) groups is 1. The molecule has 1 amide bonds. The fourth-order valence-electron chi connectivity index (χ4n) is 1.62. The van der Waals surface area contributed by atoms with E-state index in [9.17, 15) is 4.79 Å². The molecule has 2 heterocycles. The van der Waals surface area contributed by atoms with Gasteiger partial charge in [0.25, 0.3) is 5.91 Å². The largest absolute Gasteiger partial charge is 0.374 e. The Labute approximate surface area is 94.0 Å². The zero-order chi connectivity index (χ0) is 11.4.